The molecule has 0 unspecified atom stereocenters. The minimum atomic E-state index is -0.453. The van der Waals surface area contributed by atoms with Gasteiger partial charge in [-0.1, -0.05) is 37.6 Å². The summed E-state index contributed by atoms with van der Waals surface area (Å²) >= 11 is 0. The molecule has 0 aliphatic carbocycles. The fraction of sp³-hybridized carbons (Fsp3) is 0.438. The van der Waals surface area contributed by atoms with Crippen molar-refractivity contribution in [3.05, 3.63) is 42.1 Å². The Morgan fingerprint density at radius 3 is 2.79 bits per heavy atom. The zero-order chi connectivity index (χ0) is 13.3. The molecule has 1 aliphatic rings. The average molecular weight is 256 g/mol. The monoisotopic (exact) mass is 256 g/mol. The van der Waals surface area contributed by atoms with Crippen LogP contribution in [0.15, 0.2) is 36.4 Å². The number of aromatic nitrogens is 1. The van der Waals surface area contributed by atoms with Gasteiger partial charge in [0.15, 0.2) is 0 Å². The van der Waals surface area contributed by atoms with E-state index in [-0.39, 0.29) is 0 Å². The summed E-state index contributed by atoms with van der Waals surface area (Å²) in [6.07, 6.45) is 1.94. The summed E-state index contributed by atoms with van der Waals surface area (Å²) in [7, 11) is 0. The molecule has 0 bridgehead atoms. The summed E-state index contributed by atoms with van der Waals surface area (Å²) in [5.41, 5.74) is 1.67. The topological polar surface area (TPSA) is 36.4 Å². The van der Waals surface area contributed by atoms with Crippen LogP contribution in [0.5, 0.6) is 0 Å². The molecule has 2 aromatic rings. The highest BCUT2D eigenvalue weighted by Crippen LogP contribution is 2.27. The van der Waals surface area contributed by atoms with Gasteiger partial charge in [-0.2, -0.15) is 0 Å². The molecule has 0 saturated carbocycles. The van der Waals surface area contributed by atoms with Crippen LogP contribution in [-0.2, 0) is 6.54 Å². The van der Waals surface area contributed by atoms with E-state index < -0.39 is 5.60 Å². The number of nitrogens with zero attached hydrogens (tertiary/aromatic N) is 2. The van der Waals surface area contributed by atoms with Crippen molar-refractivity contribution in [1.82, 2.24) is 9.88 Å². The Balaban J connectivity index is 1.67. The van der Waals surface area contributed by atoms with Gasteiger partial charge in [0.05, 0.1) is 16.8 Å². The first kappa shape index (κ1) is 12.6. The summed E-state index contributed by atoms with van der Waals surface area (Å²) in [6, 6.07) is 12.4. The van der Waals surface area contributed by atoms with Crippen LogP contribution >= 0.6 is 0 Å². The average Bonchev–Trinajstić information content (AvgIpc) is 2.37. The number of rotatable bonds is 4. The van der Waals surface area contributed by atoms with Crippen molar-refractivity contribution < 1.29 is 5.11 Å². The number of benzene rings is 1. The molecule has 0 spiro atoms. The molecule has 1 aromatic carbocycles. The van der Waals surface area contributed by atoms with Gasteiger partial charge in [0.2, 0.25) is 0 Å². The molecule has 1 saturated heterocycles. The molecule has 0 radical (unpaired) electrons. The first-order chi connectivity index (χ1) is 9.18. The summed E-state index contributed by atoms with van der Waals surface area (Å²) in [5, 5.41) is 11.3. The van der Waals surface area contributed by atoms with Gasteiger partial charge < -0.3 is 5.11 Å². The number of pyridine rings is 1. The highest BCUT2D eigenvalue weighted by atomic mass is 16.3. The van der Waals surface area contributed by atoms with E-state index in [0.29, 0.717) is 0 Å². The Bertz CT molecular complexity index is 576. The third-order valence-corrected chi connectivity index (χ3v) is 3.79. The standard InChI is InChI=1S/C16H20N2O/c1-2-9-16(19)11-18(12-16)10-14-8-7-13-5-3-4-6-15(13)17-14/h3-8,19H,2,9-12H2,1H3. The van der Waals surface area contributed by atoms with Crippen molar-refractivity contribution in [1.29, 1.82) is 0 Å². The van der Waals surface area contributed by atoms with E-state index in [4.69, 9.17) is 0 Å². The van der Waals surface area contributed by atoms with E-state index in [2.05, 4.69) is 35.0 Å². The molecule has 3 rings (SSSR count). The molecular weight excluding hydrogens is 236 g/mol. The van der Waals surface area contributed by atoms with Crippen LogP contribution in [0.2, 0.25) is 0 Å². The van der Waals surface area contributed by atoms with Crippen molar-refractivity contribution in [3.8, 4) is 0 Å². The van der Waals surface area contributed by atoms with Crippen LogP contribution in [0.1, 0.15) is 25.5 Å². The van der Waals surface area contributed by atoms with E-state index in [1.54, 1.807) is 0 Å². The van der Waals surface area contributed by atoms with Crippen molar-refractivity contribution in [2.45, 2.75) is 31.9 Å². The fourth-order valence-electron chi connectivity index (χ4n) is 2.95. The quantitative estimate of drug-likeness (QED) is 0.913. The van der Waals surface area contributed by atoms with Crippen LogP contribution in [0, 0.1) is 0 Å². The lowest BCUT2D eigenvalue weighted by atomic mass is 9.89. The zero-order valence-corrected chi connectivity index (χ0v) is 11.3. The van der Waals surface area contributed by atoms with Crippen LogP contribution in [0.3, 0.4) is 0 Å². The lowest BCUT2D eigenvalue weighted by Crippen LogP contribution is -2.61. The minimum absolute atomic E-state index is 0.453. The Morgan fingerprint density at radius 2 is 2.00 bits per heavy atom. The van der Waals surface area contributed by atoms with Crippen molar-refractivity contribution in [2.75, 3.05) is 13.1 Å². The highest BCUT2D eigenvalue weighted by Gasteiger charge is 2.39. The Kier molecular flexibility index (Phi) is 3.25. The Hall–Kier alpha value is -1.45. The number of para-hydroxylation sites is 1. The summed E-state index contributed by atoms with van der Waals surface area (Å²) in [6.45, 7) is 4.49. The van der Waals surface area contributed by atoms with Gasteiger partial charge in [-0.25, -0.2) is 0 Å². The third-order valence-electron chi connectivity index (χ3n) is 3.79. The molecule has 1 aliphatic heterocycles. The maximum atomic E-state index is 10.2. The van der Waals surface area contributed by atoms with Gasteiger partial charge in [-0.15, -0.1) is 0 Å². The van der Waals surface area contributed by atoms with E-state index >= 15 is 0 Å². The van der Waals surface area contributed by atoms with Gasteiger partial charge in [-0.3, -0.25) is 9.88 Å². The molecule has 100 valence electrons. The molecule has 1 aromatic heterocycles. The second-order valence-corrected chi connectivity index (χ2v) is 5.61. The van der Waals surface area contributed by atoms with E-state index in [1.165, 1.54) is 5.39 Å². The lowest BCUT2D eigenvalue weighted by Gasteiger charge is -2.46. The summed E-state index contributed by atoms with van der Waals surface area (Å²) < 4.78 is 0. The summed E-state index contributed by atoms with van der Waals surface area (Å²) in [4.78, 5) is 6.92. The molecule has 19 heavy (non-hydrogen) atoms. The zero-order valence-electron chi connectivity index (χ0n) is 11.3. The van der Waals surface area contributed by atoms with Gasteiger partial charge in [-0.05, 0) is 18.6 Å². The number of likely N-dealkylation sites (tertiary alicyclic amines) is 1. The predicted molar refractivity (Wildman–Crippen MR) is 76.9 cm³/mol. The van der Waals surface area contributed by atoms with Crippen LogP contribution in [0.4, 0.5) is 0 Å². The van der Waals surface area contributed by atoms with Crippen LogP contribution < -0.4 is 0 Å². The fourth-order valence-corrected chi connectivity index (χ4v) is 2.95. The smallest absolute Gasteiger partial charge is 0.0900 e. The lowest BCUT2D eigenvalue weighted by molar-refractivity contribution is -0.107. The summed E-state index contributed by atoms with van der Waals surface area (Å²) in [5.74, 6) is 0. The first-order valence-corrected chi connectivity index (χ1v) is 6.98. The molecule has 2 heterocycles. The maximum absolute atomic E-state index is 10.2. The molecular formula is C16H20N2O. The van der Waals surface area contributed by atoms with Gasteiger partial charge in [0.25, 0.3) is 0 Å². The van der Waals surface area contributed by atoms with E-state index in [1.807, 2.05) is 18.2 Å². The second kappa shape index (κ2) is 4.91. The molecule has 1 N–H and O–H groups in total. The number of β-amino-alcohol motifs (C(OH)–C–C–N with tert-alkyl or cyclic N) is 1. The molecule has 0 atom stereocenters. The van der Waals surface area contributed by atoms with Crippen molar-refractivity contribution in [3.63, 3.8) is 0 Å². The molecule has 1 fully saturated rings. The second-order valence-electron chi connectivity index (χ2n) is 5.61. The normalized spacial score (nSPS) is 18.4. The van der Waals surface area contributed by atoms with Crippen molar-refractivity contribution >= 4 is 10.9 Å². The van der Waals surface area contributed by atoms with E-state index in [9.17, 15) is 5.11 Å². The number of hydrogen-bond donors (Lipinski definition) is 1. The molecule has 3 heteroatoms. The van der Waals surface area contributed by atoms with Gasteiger partial charge in [0, 0.05) is 25.0 Å². The number of hydrogen-bond acceptors (Lipinski definition) is 3. The molecule has 3 nitrogen and oxygen atoms in total. The minimum Gasteiger partial charge on any atom is -0.387 e. The number of aliphatic hydroxyl groups is 1. The first-order valence-electron chi connectivity index (χ1n) is 6.98. The third kappa shape index (κ3) is 2.62. The highest BCUT2D eigenvalue weighted by molar-refractivity contribution is 5.78. The van der Waals surface area contributed by atoms with Gasteiger partial charge >= 0.3 is 0 Å². The number of fused-ring (bicyclic) bond motifs is 1. The Labute approximate surface area is 113 Å². The van der Waals surface area contributed by atoms with E-state index in [0.717, 1.165) is 43.7 Å². The van der Waals surface area contributed by atoms with Crippen LogP contribution in [0.25, 0.3) is 10.9 Å². The molecule has 0 amide bonds. The predicted octanol–water partition coefficient (Wildman–Crippen LogP) is 2.58. The van der Waals surface area contributed by atoms with Gasteiger partial charge in [0.1, 0.15) is 0 Å². The Morgan fingerprint density at radius 1 is 1.21 bits per heavy atom. The largest absolute Gasteiger partial charge is 0.387 e. The SMILES string of the molecule is CCCC1(O)CN(Cc2ccc3ccccc3n2)C1. The maximum Gasteiger partial charge on any atom is 0.0900 e. The van der Waals surface area contributed by atoms with Crippen LogP contribution in [-0.4, -0.2) is 33.7 Å². The van der Waals surface area contributed by atoms with Crippen molar-refractivity contribution in [2.24, 2.45) is 0 Å².